The molecule has 0 unspecified atom stereocenters. The van der Waals surface area contributed by atoms with Crippen LogP contribution in [0, 0.1) is 6.07 Å². The number of hydrogen-bond donors (Lipinski definition) is 1. The summed E-state index contributed by atoms with van der Waals surface area (Å²) in [5, 5.41) is 12.1. The van der Waals surface area contributed by atoms with Crippen LogP contribution in [0.3, 0.4) is 0 Å². The van der Waals surface area contributed by atoms with Crippen LogP contribution in [0.1, 0.15) is 77.6 Å². The second-order valence-corrected chi connectivity index (χ2v) is 15.5. The number of fused-ring (bicyclic) bond motifs is 2. The van der Waals surface area contributed by atoms with Crippen LogP contribution in [0.15, 0.2) is 108 Å². The Morgan fingerprint density at radius 1 is 0.600 bits per heavy atom. The molecule has 5 nitrogen and oxygen atoms in total. The van der Waals surface area contributed by atoms with E-state index in [0.29, 0.717) is 28.2 Å². The zero-order chi connectivity index (χ0) is 34.7. The molecule has 0 fully saturated rings. The molecule has 256 valence electrons. The zero-order valence-corrected chi connectivity index (χ0v) is 32.1. The number of aromatic hydroxyl groups is 1. The predicted octanol–water partition coefficient (Wildman–Crippen LogP) is 11.2. The van der Waals surface area contributed by atoms with Gasteiger partial charge in [0.05, 0.1) is 11.1 Å². The van der Waals surface area contributed by atoms with Crippen LogP contribution in [0.25, 0.3) is 55.8 Å². The van der Waals surface area contributed by atoms with E-state index in [1.807, 2.05) is 42.7 Å². The van der Waals surface area contributed by atoms with E-state index in [-0.39, 0.29) is 43.1 Å². The SMILES string of the molecule is CC(C)(C)c1ccc(O)c(-c2nc3c(-c4[c-]c(-c5cc(C(C)(C)C)cc6cccnc56)ncc4)cc(C(C)(C)c4ccccc4)cc3o2)c1.[Pt]. The third kappa shape index (κ3) is 6.52. The van der Waals surface area contributed by atoms with Crippen molar-refractivity contribution in [1.82, 2.24) is 15.0 Å². The summed E-state index contributed by atoms with van der Waals surface area (Å²) in [6, 6.07) is 34.6. The Labute approximate surface area is 309 Å². The minimum absolute atomic E-state index is 0. The quantitative estimate of drug-likeness (QED) is 0.175. The monoisotopic (exact) mass is 839 g/mol. The Morgan fingerprint density at radius 3 is 2.02 bits per heavy atom. The molecule has 50 heavy (non-hydrogen) atoms. The normalized spacial score (nSPS) is 12.3. The van der Waals surface area contributed by atoms with E-state index in [4.69, 9.17) is 19.4 Å². The molecule has 7 aromatic rings. The minimum atomic E-state index is -0.345. The third-order valence-corrected chi connectivity index (χ3v) is 9.62. The van der Waals surface area contributed by atoms with Gasteiger partial charge in [0.25, 0.3) is 0 Å². The number of phenolic OH excluding ortho intramolecular Hbond substituents is 1. The van der Waals surface area contributed by atoms with Crippen LogP contribution < -0.4 is 0 Å². The van der Waals surface area contributed by atoms with E-state index in [0.717, 1.165) is 38.7 Å². The van der Waals surface area contributed by atoms with Gasteiger partial charge in [-0.1, -0.05) is 127 Å². The second kappa shape index (κ2) is 12.9. The van der Waals surface area contributed by atoms with Crippen LogP contribution in [-0.4, -0.2) is 20.1 Å². The largest absolute Gasteiger partial charge is 0.507 e. The molecule has 0 radical (unpaired) electrons. The molecule has 0 saturated carbocycles. The molecule has 4 aromatic carbocycles. The van der Waals surface area contributed by atoms with Crippen LogP contribution in [0.4, 0.5) is 0 Å². The van der Waals surface area contributed by atoms with Gasteiger partial charge in [0.2, 0.25) is 5.89 Å². The number of hydrogen-bond acceptors (Lipinski definition) is 5. The number of benzene rings is 4. The van der Waals surface area contributed by atoms with E-state index in [2.05, 4.69) is 116 Å². The van der Waals surface area contributed by atoms with Crippen molar-refractivity contribution in [2.24, 2.45) is 0 Å². The summed E-state index contributed by atoms with van der Waals surface area (Å²) in [6.45, 7) is 17.6. The Morgan fingerprint density at radius 2 is 1.30 bits per heavy atom. The number of rotatable bonds is 5. The Bertz CT molecular complexity index is 2340. The Balaban J connectivity index is 0.00000432. The molecular weight excluding hydrogens is 798 g/mol. The number of phenols is 1. The second-order valence-electron chi connectivity index (χ2n) is 15.5. The number of oxazole rings is 1. The van der Waals surface area contributed by atoms with E-state index >= 15 is 0 Å². The average molecular weight is 840 g/mol. The summed E-state index contributed by atoms with van der Waals surface area (Å²) in [7, 11) is 0. The van der Waals surface area contributed by atoms with Gasteiger partial charge in [-0.2, -0.15) is 0 Å². The molecule has 0 amide bonds. The zero-order valence-electron chi connectivity index (χ0n) is 29.8. The molecule has 0 saturated heterocycles. The van der Waals surface area contributed by atoms with Gasteiger partial charge in [-0.25, -0.2) is 4.98 Å². The maximum Gasteiger partial charge on any atom is 0.230 e. The molecule has 3 heterocycles. The topological polar surface area (TPSA) is 72.0 Å². The number of aromatic nitrogens is 3. The first kappa shape index (κ1) is 35.2. The molecule has 0 bridgehead atoms. The Kier molecular flexibility index (Phi) is 9.12. The first-order valence-corrected chi connectivity index (χ1v) is 16.8. The van der Waals surface area contributed by atoms with Crippen molar-refractivity contribution in [3.63, 3.8) is 0 Å². The molecule has 0 aliphatic heterocycles. The van der Waals surface area contributed by atoms with Gasteiger partial charge in [0.15, 0.2) is 0 Å². The van der Waals surface area contributed by atoms with Gasteiger partial charge in [-0.15, -0.1) is 17.7 Å². The molecule has 0 aliphatic rings. The van der Waals surface area contributed by atoms with E-state index in [1.165, 1.54) is 11.1 Å². The van der Waals surface area contributed by atoms with E-state index in [1.54, 1.807) is 6.07 Å². The molecule has 0 spiro atoms. The fourth-order valence-electron chi connectivity index (χ4n) is 6.39. The standard InChI is InChI=1S/C44H42N3O2.Pt/c1-42(2,3)30-16-17-37(48)35(23-30)41-47-40-33(25-32(26-38(40)49-41)44(7,8)29-14-10-9-11-15-29)27-18-20-45-36(22-27)34-24-31(43(4,5)6)21-28-13-12-19-46-39(28)34;/h9-21,23-26,48H,1-8H3;/q-1;. The van der Waals surface area contributed by atoms with Crippen molar-refractivity contribution in [1.29, 1.82) is 0 Å². The van der Waals surface area contributed by atoms with Crippen molar-refractivity contribution < 1.29 is 30.6 Å². The summed E-state index contributed by atoms with van der Waals surface area (Å²) < 4.78 is 6.55. The van der Waals surface area contributed by atoms with Crippen LogP contribution >= 0.6 is 0 Å². The summed E-state index contributed by atoms with van der Waals surface area (Å²) >= 11 is 0. The average Bonchev–Trinajstić information content (AvgIpc) is 3.51. The van der Waals surface area contributed by atoms with Crippen molar-refractivity contribution in [2.75, 3.05) is 0 Å². The molecular formula is C44H42N3O2Pt-. The van der Waals surface area contributed by atoms with Gasteiger partial charge < -0.3 is 9.52 Å². The summed E-state index contributed by atoms with van der Waals surface area (Å²) in [5.74, 6) is 0.499. The molecule has 1 N–H and O–H groups in total. The van der Waals surface area contributed by atoms with E-state index in [9.17, 15) is 5.11 Å². The van der Waals surface area contributed by atoms with Crippen molar-refractivity contribution in [2.45, 2.75) is 71.6 Å². The molecule has 6 heteroatoms. The molecule has 0 aliphatic carbocycles. The minimum Gasteiger partial charge on any atom is -0.507 e. The van der Waals surface area contributed by atoms with Crippen molar-refractivity contribution >= 4 is 22.0 Å². The van der Waals surface area contributed by atoms with Gasteiger partial charge >= 0.3 is 0 Å². The van der Waals surface area contributed by atoms with Gasteiger partial charge in [0, 0.05) is 38.2 Å². The van der Waals surface area contributed by atoms with Crippen LogP contribution in [0.2, 0.25) is 0 Å². The number of pyridine rings is 2. The van der Waals surface area contributed by atoms with Crippen LogP contribution in [0.5, 0.6) is 5.75 Å². The Hall–Kier alpha value is -4.60. The molecule has 7 rings (SSSR count). The number of nitrogens with zero attached hydrogens (tertiary/aromatic N) is 3. The first-order valence-electron chi connectivity index (χ1n) is 16.8. The van der Waals surface area contributed by atoms with Crippen LogP contribution in [-0.2, 0) is 37.3 Å². The van der Waals surface area contributed by atoms with E-state index < -0.39 is 0 Å². The smallest absolute Gasteiger partial charge is 0.230 e. The maximum atomic E-state index is 11.0. The summed E-state index contributed by atoms with van der Waals surface area (Å²) in [4.78, 5) is 14.7. The molecule has 3 aromatic heterocycles. The summed E-state index contributed by atoms with van der Waals surface area (Å²) in [6.07, 6.45) is 3.66. The van der Waals surface area contributed by atoms with Gasteiger partial charge in [-0.3, -0.25) is 9.97 Å². The van der Waals surface area contributed by atoms with Gasteiger partial charge in [0.1, 0.15) is 11.3 Å². The fraction of sp³-hybridized carbons (Fsp3) is 0.250. The van der Waals surface area contributed by atoms with Crippen molar-refractivity contribution in [3.8, 4) is 39.6 Å². The van der Waals surface area contributed by atoms with Gasteiger partial charge in [-0.05, 0) is 74.6 Å². The summed E-state index contributed by atoms with van der Waals surface area (Å²) in [5.41, 5.74) is 10.2. The third-order valence-electron chi connectivity index (χ3n) is 9.62. The van der Waals surface area contributed by atoms with Crippen molar-refractivity contribution in [3.05, 3.63) is 132 Å². The fourth-order valence-corrected chi connectivity index (χ4v) is 6.39. The predicted molar refractivity (Wildman–Crippen MR) is 200 cm³/mol. The first-order chi connectivity index (χ1) is 23.2. The molecule has 0 atom stereocenters. The maximum absolute atomic E-state index is 11.0.